The van der Waals surface area contributed by atoms with E-state index in [0.717, 1.165) is 17.6 Å². The van der Waals surface area contributed by atoms with E-state index < -0.39 is 6.10 Å². The summed E-state index contributed by atoms with van der Waals surface area (Å²) in [4.78, 5) is 0. The quantitative estimate of drug-likeness (QED) is 0.773. The maximum Gasteiger partial charge on any atom is 0.0998 e. The molecule has 0 bridgehead atoms. The molecule has 1 rings (SSSR count). The standard InChI is InChI=1S/C14H19ClO/c1-10(2)4-5-11(3)14(16)12-6-8-13(15)9-7-12/h5-10,14,16H,4H2,1-3H3. The minimum Gasteiger partial charge on any atom is -0.384 e. The van der Waals surface area contributed by atoms with Crippen LogP contribution in [0.15, 0.2) is 35.9 Å². The molecule has 0 fully saturated rings. The van der Waals surface area contributed by atoms with Crippen LogP contribution >= 0.6 is 11.6 Å². The Kier molecular flexibility index (Phi) is 5.04. The van der Waals surface area contributed by atoms with Crippen molar-refractivity contribution in [2.45, 2.75) is 33.3 Å². The fourth-order valence-corrected chi connectivity index (χ4v) is 1.57. The fraction of sp³-hybridized carbons (Fsp3) is 0.429. The summed E-state index contributed by atoms with van der Waals surface area (Å²) in [5.74, 6) is 0.618. The first-order valence-corrected chi connectivity index (χ1v) is 5.98. The van der Waals surface area contributed by atoms with E-state index in [1.807, 2.05) is 19.1 Å². The van der Waals surface area contributed by atoms with E-state index in [1.165, 1.54) is 0 Å². The first kappa shape index (κ1) is 13.3. The third-order valence-corrected chi connectivity index (χ3v) is 2.78. The molecule has 0 saturated heterocycles. The summed E-state index contributed by atoms with van der Waals surface area (Å²) < 4.78 is 0. The SMILES string of the molecule is CC(=CCC(C)C)C(O)c1ccc(Cl)cc1. The van der Waals surface area contributed by atoms with E-state index in [0.29, 0.717) is 10.9 Å². The zero-order valence-corrected chi connectivity index (χ0v) is 10.8. The molecular formula is C14H19ClO. The van der Waals surface area contributed by atoms with Gasteiger partial charge in [0.25, 0.3) is 0 Å². The molecule has 1 nitrogen and oxygen atoms in total. The van der Waals surface area contributed by atoms with Gasteiger partial charge in [-0.15, -0.1) is 0 Å². The number of aliphatic hydroxyl groups excluding tert-OH is 1. The lowest BCUT2D eigenvalue weighted by molar-refractivity contribution is 0.215. The van der Waals surface area contributed by atoms with Crippen molar-refractivity contribution in [3.8, 4) is 0 Å². The molecule has 0 saturated carbocycles. The van der Waals surface area contributed by atoms with Crippen LogP contribution in [-0.4, -0.2) is 5.11 Å². The molecule has 2 heteroatoms. The highest BCUT2D eigenvalue weighted by Gasteiger charge is 2.09. The average Bonchev–Trinajstić information content (AvgIpc) is 2.26. The summed E-state index contributed by atoms with van der Waals surface area (Å²) in [6.07, 6.45) is 2.58. The molecule has 16 heavy (non-hydrogen) atoms. The Morgan fingerprint density at radius 2 is 1.88 bits per heavy atom. The first-order valence-electron chi connectivity index (χ1n) is 5.61. The molecule has 0 aromatic heterocycles. The highest BCUT2D eigenvalue weighted by atomic mass is 35.5. The molecule has 0 aliphatic carbocycles. The Morgan fingerprint density at radius 1 is 1.31 bits per heavy atom. The Bertz CT molecular complexity index is 352. The lowest BCUT2D eigenvalue weighted by Gasteiger charge is -2.12. The van der Waals surface area contributed by atoms with Crippen molar-refractivity contribution < 1.29 is 5.11 Å². The highest BCUT2D eigenvalue weighted by Crippen LogP contribution is 2.23. The largest absolute Gasteiger partial charge is 0.384 e. The fourth-order valence-electron chi connectivity index (χ4n) is 1.44. The molecule has 1 unspecified atom stereocenters. The van der Waals surface area contributed by atoms with Crippen molar-refractivity contribution in [1.29, 1.82) is 0 Å². The van der Waals surface area contributed by atoms with Gasteiger partial charge in [-0.3, -0.25) is 0 Å². The molecule has 0 amide bonds. The van der Waals surface area contributed by atoms with E-state index in [-0.39, 0.29) is 0 Å². The van der Waals surface area contributed by atoms with Gasteiger partial charge in [0.05, 0.1) is 6.10 Å². The summed E-state index contributed by atoms with van der Waals surface area (Å²) in [5.41, 5.74) is 1.89. The van der Waals surface area contributed by atoms with E-state index in [9.17, 15) is 5.11 Å². The van der Waals surface area contributed by atoms with E-state index in [1.54, 1.807) is 12.1 Å². The molecule has 1 aromatic rings. The molecule has 0 aliphatic rings. The maximum atomic E-state index is 10.1. The highest BCUT2D eigenvalue weighted by molar-refractivity contribution is 6.30. The lowest BCUT2D eigenvalue weighted by atomic mass is 10.00. The zero-order chi connectivity index (χ0) is 12.1. The molecule has 0 radical (unpaired) electrons. The van der Waals surface area contributed by atoms with Crippen LogP contribution in [0.25, 0.3) is 0 Å². The number of rotatable bonds is 4. The second kappa shape index (κ2) is 6.07. The van der Waals surface area contributed by atoms with Crippen LogP contribution in [0.1, 0.15) is 38.9 Å². The second-order valence-electron chi connectivity index (χ2n) is 4.53. The molecule has 1 N–H and O–H groups in total. The topological polar surface area (TPSA) is 20.2 Å². The van der Waals surface area contributed by atoms with Gasteiger partial charge in [0.1, 0.15) is 0 Å². The van der Waals surface area contributed by atoms with E-state index in [2.05, 4.69) is 19.9 Å². The molecular weight excluding hydrogens is 220 g/mol. The molecule has 0 spiro atoms. The number of halogens is 1. The van der Waals surface area contributed by atoms with Gasteiger partial charge in [0, 0.05) is 5.02 Å². The predicted octanol–water partition coefficient (Wildman–Crippen LogP) is 4.37. The van der Waals surface area contributed by atoms with Crippen LogP contribution in [-0.2, 0) is 0 Å². The number of hydrogen-bond acceptors (Lipinski definition) is 1. The third-order valence-electron chi connectivity index (χ3n) is 2.53. The lowest BCUT2D eigenvalue weighted by Crippen LogP contribution is -1.99. The molecule has 1 aromatic carbocycles. The van der Waals surface area contributed by atoms with Gasteiger partial charge in [0.15, 0.2) is 0 Å². The van der Waals surface area contributed by atoms with Gasteiger partial charge >= 0.3 is 0 Å². The predicted molar refractivity (Wildman–Crippen MR) is 69.6 cm³/mol. The minimum atomic E-state index is -0.518. The number of aliphatic hydroxyl groups is 1. The van der Waals surface area contributed by atoms with Gasteiger partial charge < -0.3 is 5.11 Å². The Morgan fingerprint density at radius 3 is 2.38 bits per heavy atom. The van der Waals surface area contributed by atoms with Gasteiger partial charge in [0.2, 0.25) is 0 Å². The third kappa shape index (κ3) is 3.99. The summed E-state index contributed by atoms with van der Waals surface area (Å²) >= 11 is 5.80. The summed E-state index contributed by atoms with van der Waals surface area (Å²) in [7, 11) is 0. The molecule has 0 heterocycles. The first-order chi connectivity index (χ1) is 7.50. The van der Waals surface area contributed by atoms with Crippen LogP contribution in [0.5, 0.6) is 0 Å². The number of hydrogen-bond donors (Lipinski definition) is 1. The minimum absolute atomic E-state index is 0.518. The van der Waals surface area contributed by atoms with Crippen molar-refractivity contribution in [2.75, 3.05) is 0 Å². The summed E-state index contributed by atoms with van der Waals surface area (Å²) in [6, 6.07) is 7.32. The Balaban J connectivity index is 2.73. The zero-order valence-electron chi connectivity index (χ0n) is 10.1. The molecule has 88 valence electrons. The Labute approximate surface area is 103 Å². The van der Waals surface area contributed by atoms with Crippen molar-refractivity contribution in [2.24, 2.45) is 5.92 Å². The maximum absolute atomic E-state index is 10.1. The van der Waals surface area contributed by atoms with Crippen molar-refractivity contribution in [3.63, 3.8) is 0 Å². The van der Waals surface area contributed by atoms with Crippen molar-refractivity contribution in [1.82, 2.24) is 0 Å². The van der Waals surface area contributed by atoms with Crippen LogP contribution in [0.4, 0.5) is 0 Å². The average molecular weight is 239 g/mol. The van der Waals surface area contributed by atoms with Crippen molar-refractivity contribution >= 4 is 11.6 Å². The summed E-state index contributed by atoms with van der Waals surface area (Å²) in [5, 5.41) is 10.8. The van der Waals surface area contributed by atoms with Gasteiger partial charge in [-0.2, -0.15) is 0 Å². The Hall–Kier alpha value is -0.790. The van der Waals surface area contributed by atoms with Gasteiger partial charge in [-0.25, -0.2) is 0 Å². The smallest absolute Gasteiger partial charge is 0.0998 e. The van der Waals surface area contributed by atoms with E-state index in [4.69, 9.17) is 11.6 Å². The number of benzene rings is 1. The van der Waals surface area contributed by atoms with Crippen LogP contribution < -0.4 is 0 Å². The second-order valence-corrected chi connectivity index (χ2v) is 4.97. The van der Waals surface area contributed by atoms with Crippen molar-refractivity contribution in [3.05, 3.63) is 46.5 Å². The molecule has 0 aliphatic heterocycles. The van der Waals surface area contributed by atoms with Crippen LogP contribution in [0.3, 0.4) is 0 Å². The monoisotopic (exact) mass is 238 g/mol. The summed E-state index contributed by atoms with van der Waals surface area (Å²) in [6.45, 7) is 6.29. The van der Waals surface area contributed by atoms with Crippen LogP contribution in [0.2, 0.25) is 5.02 Å². The molecule has 1 atom stereocenters. The van der Waals surface area contributed by atoms with Gasteiger partial charge in [-0.05, 0) is 42.5 Å². The number of allylic oxidation sites excluding steroid dienone is 1. The normalized spacial score (nSPS) is 14.2. The van der Waals surface area contributed by atoms with Crippen LogP contribution in [0, 0.1) is 5.92 Å². The van der Waals surface area contributed by atoms with Gasteiger partial charge in [-0.1, -0.05) is 43.7 Å². The van der Waals surface area contributed by atoms with E-state index >= 15 is 0 Å².